The highest BCUT2D eigenvalue weighted by Crippen LogP contribution is 2.59. The van der Waals surface area contributed by atoms with Gasteiger partial charge in [0.1, 0.15) is 5.67 Å². The molecule has 5 aliphatic heterocycles. The van der Waals surface area contributed by atoms with Gasteiger partial charge in [-0.1, -0.05) is 43.3 Å². The third-order valence-corrected chi connectivity index (χ3v) is 11.8. The number of ether oxygens (including phenoxy) is 1. The average molecular weight is 695 g/mol. The van der Waals surface area contributed by atoms with Crippen LogP contribution < -0.4 is 14.7 Å². The second-order valence-corrected chi connectivity index (χ2v) is 15.2. The number of nitrogens with zero attached hydrogens (tertiary/aromatic N) is 4. The predicted octanol–water partition coefficient (Wildman–Crippen LogP) is 4.64. The van der Waals surface area contributed by atoms with Crippen molar-refractivity contribution >= 4 is 40.7 Å². The van der Waals surface area contributed by atoms with Crippen LogP contribution in [0.5, 0.6) is 0 Å². The molecule has 4 amide bonds. The first kappa shape index (κ1) is 33.5. The van der Waals surface area contributed by atoms with E-state index in [9.17, 15) is 24.3 Å². The van der Waals surface area contributed by atoms with Crippen molar-refractivity contribution in [2.75, 3.05) is 34.4 Å². The van der Waals surface area contributed by atoms with Crippen LogP contribution in [0.1, 0.15) is 62.3 Å². The number of carbonyl (C=O) groups is 4. The molecular formula is C40H43FN4O6. The third kappa shape index (κ3) is 5.35. The molecule has 5 atom stereocenters. The number of amides is 4. The van der Waals surface area contributed by atoms with E-state index in [0.717, 1.165) is 22.4 Å². The summed E-state index contributed by atoms with van der Waals surface area (Å²) in [6.07, 6.45) is 0.382. The van der Waals surface area contributed by atoms with Crippen molar-refractivity contribution in [1.29, 1.82) is 0 Å². The van der Waals surface area contributed by atoms with Gasteiger partial charge in [0, 0.05) is 61.2 Å². The van der Waals surface area contributed by atoms with Crippen LogP contribution in [0.3, 0.4) is 0 Å². The molecule has 0 aliphatic carbocycles. The van der Waals surface area contributed by atoms with Crippen molar-refractivity contribution in [1.82, 2.24) is 4.90 Å². The van der Waals surface area contributed by atoms with Gasteiger partial charge in [-0.2, -0.15) is 0 Å². The summed E-state index contributed by atoms with van der Waals surface area (Å²) in [6.45, 7) is 6.33. The summed E-state index contributed by atoms with van der Waals surface area (Å²) in [4.78, 5) is 60.3. The topological polar surface area (TPSA) is 111 Å². The molecule has 10 nitrogen and oxygen atoms in total. The number of benzene rings is 3. The van der Waals surface area contributed by atoms with Crippen LogP contribution in [0.2, 0.25) is 0 Å². The summed E-state index contributed by atoms with van der Waals surface area (Å²) in [5.41, 5.74) is 2.12. The lowest BCUT2D eigenvalue weighted by atomic mass is 9.71. The normalized spacial score (nSPS) is 27.1. The molecule has 3 fully saturated rings. The molecule has 1 spiro atoms. The molecule has 5 aliphatic rings. The highest BCUT2D eigenvalue weighted by molar-refractivity contribution is 6.09. The maximum Gasteiger partial charge on any atom is 0.264 e. The van der Waals surface area contributed by atoms with Gasteiger partial charge in [0.2, 0.25) is 17.7 Å². The fourth-order valence-electron chi connectivity index (χ4n) is 9.03. The predicted molar refractivity (Wildman–Crippen MR) is 189 cm³/mol. The van der Waals surface area contributed by atoms with E-state index in [2.05, 4.69) is 0 Å². The van der Waals surface area contributed by atoms with Crippen LogP contribution in [-0.4, -0.2) is 71.1 Å². The zero-order valence-electron chi connectivity index (χ0n) is 29.2. The Kier molecular flexibility index (Phi) is 8.06. The molecular weight excluding hydrogens is 651 g/mol. The molecule has 266 valence electrons. The maximum atomic E-state index is 16.4. The molecule has 1 N–H and O–H groups in total. The fraction of sp³-hybridized carbons (Fsp3) is 0.450. The molecule has 0 bridgehead atoms. The Morgan fingerprint density at radius 2 is 1.59 bits per heavy atom. The van der Waals surface area contributed by atoms with Crippen molar-refractivity contribution in [3.63, 3.8) is 0 Å². The lowest BCUT2D eigenvalue weighted by Crippen LogP contribution is -2.48. The summed E-state index contributed by atoms with van der Waals surface area (Å²) >= 11 is 0. The van der Waals surface area contributed by atoms with Crippen LogP contribution in [-0.2, 0) is 49.0 Å². The molecule has 3 aromatic carbocycles. The van der Waals surface area contributed by atoms with Gasteiger partial charge >= 0.3 is 0 Å². The van der Waals surface area contributed by atoms with E-state index in [0.29, 0.717) is 55.8 Å². The van der Waals surface area contributed by atoms with Gasteiger partial charge in [-0.25, -0.2) is 4.39 Å². The number of aliphatic hydroxyl groups excluding tert-OH is 1. The molecule has 3 saturated heterocycles. The van der Waals surface area contributed by atoms with E-state index in [1.54, 1.807) is 19.6 Å². The average Bonchev–Trinajstić information content (AvgIpc) is 3.52. The van der Waals surface area contributed by atoms with Crippen LogP contribution in [0, 0.1) is 11.8 Å². The first-order valence-corrected chi connectivity index (χ1v) is 17.9. The highest BCUT2D eigenvalue weighted by Gasteiger charge is 2.66. The number of fused-ring (bicyclic) bond motifs is 3. The molecule has 5 heterocycles. The van der Waals surface area contributed by atoms with E-state index in [4.69, 9.17) is 4.74 Å². The van der Waals surface area contributed by atoms with Gasteiger partial charge in [0.25, 0.3) is 5.91 Å². The van der Waals surface area contributed by atoms with Crippen LogP contribution in [0.4, 0.5) is 21.5 Å². The smallest absolute Gasteiger partial charge is 0.264 e. The third-order valence-electron chi connectivity index (χ3n) is 11.8. The lowest BCUT2D eigenvalue weighted by molar-refractivity contribution is -0.151. The van der Waals surface area contributed by atoms with Crippen molar-refractivity contribution < 1.29 is 33.4 Å². The van der Waals surface area contributed by atoms with E-state index >= 15 is 4.39 Å². The Labute approximate surface area is 296 Å². The summed E-state index contributed by atoms with van der Waals surface area (Å²) < 4.78 is 23.3. The number of halogens is 1. The minimum absolute atomic E-state index is 0.0147. The quantitative estimate of drug-likeness (QED) is 0.345. The molecule has 51 heavy (non-hydrogen) atoms. The summed E-state index contributed by atoms with van der Waals surface area (Å²) in [6, 6.07) is 20.4. The summed E-state index contributed by atoms with van der Waals surface area (Å²) in [7, 11) is 0. The monoisotopic (exact) mass is 694 g/mol. The second kappa shape index (κ2) is 12.3. The number of alkyl halides is 1. The van der Waals surface area contributed by atoms with Crippen molar-refractivity contribution in [3.05, 3.63) is 89.0 Å². The number of hydrogen-bond donors (Lipinski definition) is 1. The van der Waals surface area contributed by atoms with Gasteiger partial charge in [0.05, 0.1) is 37.4 Å². The lowest BCUT2D eigenvalue weighted by Gasteiger charge is -2.37. The van der Waals surface area contributed by atoms with E-state index in [-0.39, 0.29) is 43.2 Å². The first-order chi connectivity index (χ1) is 24.4. The maximum absolute atomic E-state index is 16.4. The molecule has 0 unspecified atom stereocenters. The van der Waals surface area contributed by atoms with E-state index in [1.807, 2.05) is 73.7 Å². The van der Waals surface area contributed by atoms with Crippen LogP contribution in [0.15, 0.2) is 66.7 Å². The van der Waals surface area contributed by atoms with Gasteiger partial charge < -0.3 is 29.4 Å². The van der Waals surface area contributed by atoms with Crippen LogP contribution in [0.25, 0.3) is 0 Å². The molecule has 8 rings (SSSR count). The second-order valence-electron chi connectivity index (χ2n) is 15.2. The Morgan fingerprint density at radius 3 is 2.20 bits per heavy atom. The van der Waals surface area contributed by atoms with E-state index < -0.39 is 35.3 Å². The zero-order chi connectivity index (χ0) is 35.8. The summed E-state index contributed by atoms with van der Waals surface area (Å²) in [5.74, 6) is -2.06. The van der Waals surface area contributed by atoms with Gasteiger partial charge in [-0.3, -0.25) is 19.2 Å². The zero-order valence-corrected chi connectivity index (χ0v) is 29.2. The Morgan fingerprint density at radius 1 is 0.941 bits per heavy atom. The van der Waals surface area contributed by atoms with Gasteiger partial charge in [-0.05, 0) is 67.3 Å². The SMILES string of the molecule is C[C@@H]1[C@@H](C(C)(C)F)[C@H](CC(=O)N2Cc3ccccc3C[C@H]2CO)O[C@@]12C(=O)N(Cc1ccc(N3CCC3=O)cc1)c1ccc(N3CCC3=O)cc12. The van der Waals surface area contributed by atoms with Gasteiger partial charge in [-0.15, -0.1) is 0 Å². The largest absolute Gasteiger partial charge is 0.394 e. The van der Waals surface area contributed by atoms with E-state index in [1.165, 1.54) is 13.8 Å². The fourth-order valence-corrected chi connectivity index (χ4v) is 9.03. The number of rotatable bonds is 8. The Hall–Kier alpha value is -4.61. The van der Waals surface area contributed by atoms with Crippen molar-refractivity contribution in [2.24, 2.45) is 11.8 Å². The molecule has 11 heteroatoms. The standard InChI is InChI=1S/C40H43FN4O6/c1-24-37(39(2,3)41)33(20-36(49)44-22-27-7-5-4-6-26(27)18-30(44)23-46)51-40(24)31-19-29(43-17-15-35(43)48)12-13-32(31)45(38(40)50)21-25-8-10-28(11-9-25)42-16-14-34(42)47/h4-13,19,24,30,33,37,46H,14-18,20-23H2,1-3H3/t24-,30+,33+,37-,40+/m1/s1. The van der Waals surface area contributed by atoms with Crippen LogP contribution >= 0.6 is 0 Å². The number of β-lactam (4-membered cyclic amide) rings is 2. The number of hydrogen-bond acceptors (Lipinski definition) is 6. The van der Waals surface area contributed by atoms with Crippen molar-refractivity contribution in [2.45, 2.75) is 83.0 Å². The summed E-state index contributed by atoms with van der Waals surface area (Å²) in [5, 5.41) is 10.3. The number of aliphatic hydroxyl groups is 1. The molecule has 3 aromatic rings. The Bertz CT molecular complexity index is 1930. The first-order valence-electron chi connectivity index (χ1n) is 17.9. The highest BCUT2D eigenvalue weighted by atomic mass is 19.1. The van der Waals surface area contributed by atoms with Crippen molar-refractivity contribution in [3.8, 4) is 0 Å². The minimum atomic E-state index is -1.82. The molecule has 0 aromatic heterocycles. The number of anilines is 3. The molecule has 0 radical (unpaired) electrons. The molecule has 0 saturated carbocycles. The number of carbonyl (C=O) groups excluding carboxylic acids is 4. The minimum Gasteiger partial charge on any atom is -0.394 e. The Balaban J connectivity index is 1.14. The van der Waals surface area contributed by atoms with Gasteiger partial charge in [0.15, 0.2) is 5.60 Å².